The molecule has 0 aromatic carbocycles. The molecule has 1 N–H and O–H groups in total. The van der Waals surface area contributed by atoms with Crippen molar-refractivity contribution in [3.63, 3.8) is 0 Å². The number of rotatable bonds is 5. The van der Waals surface area contributed by atoms with Crippen molar-refractivity contribution < 1.29 is 4.74 Å². The van der Waals surface area contributed by atoms with E-state index < -0.39 is 0 Å². The second-order valence-corrected chi connectivity index (χ2v) is 4.66. The molecule has 1 aliphatic heterocycles. The Bertz CT molecular complexity index is 169. The van der Waals surface area contributed by atoms with Gasteiger partial charge in [0.2, 0.25) is 0 Å². The summed E-state index contributed by atoms with van der Waals surface area (Å²) in [6.07, 6.45) is 2.87. The summed E-state index contributed by atoms with van der Waals surface area (Å²) in [4.78, 5) is 2.45. The van der Waals surface area contributed by atoms with E-state index in [0.29, 0.717) is 18.2 Å². The molecule has 15 heavy (non-hydrogen) atoms. The summed E-state index contributed by atoms with van der Waals surface area (Å²) in [7, 11) is 2.21. The lowest BCUT2D eigenvalue weighted by atomic mass is 10.1. The molecule has 0 radical (unpaired) electrons. The van der Waals surface area contributed by atoms with Gasteiger partial charge in [-0.3, -0.25) is 4.90 Å². The van der Waals surface area contributed by atoms with Gasteiger partial charge in [-0.2, -0.15) is 0 Å². The van der Waals surface area contributed by atoms with Crippen molar-refractivity contribution in [3.05, 3.63) is 0 Å². The summed E-state index contributed by atoms with van der Waals surface area (Å²) in [6.45, 7) is 9.65. The zero-order valence-electron chi connectivity index (χ0n) is 10.6. The summed E-state index contributed by atoms with van der Waals surface area (Å²) in [5.74, 6) is 0. The fraction of sp³-hybridized carbons (Fsp3) is 1.00. The minimum atomic E-state index is 0.350. The molecule has 0 bridgehead atoms. The Hall–Kier alpha value is -0.120. The Kier molecular flexibility index (Phi) is 5.58. The van der Waals surface area contributed by atoms with Gasteiger partial charge in [0.15, 0.2) is 0 Å². The number of hydrogen-bond acceptors (Lipinski definition) is 3. The third-order valence-electron chi connectivity index (χ3n) is 3.54. The van der Waals surface area contributed by atoms with Crippen LogP contribution in [0.15, 0.2) is 0 Å². The molecule has 0 saturated carbocycles. The average molecular weight is 214 g/mol. The van der Waals surface area contributed by atoms with Crippen molar-refractivity contribution in [1.29, 1.82) is 0 Å². The molecule has 1 rings (SSSR count). The van der Waals surface area contributed by atoms with Crippen molar-refractivity contribution >= 4 is 0 Å². The SMILES string of the molecule is CCCC(C)N(C)C(C)C1CNCCO1. The molecule has 1 heterocycles. The van der Waals surface area contributed by atoms with Gasteiger partial charge in [0.05, 0.1) is 12.7 Å². The second kappa shape index (κ2) is 6.46. The van der Waals surface area contributed by atoms with Crippen molar-refractivity contribution in [3.8, 4) is 0 Å². The third-order valence-corrected chi connectivity index (χ3v) is 3.54. The van der Waals surface area contributed by atoms with Crippen molar-refractivity contribution in [1.82, 2.24) is 10.2 Å². The quantitative estimate of drug-likeness (QED) is 0.750. The van der Waals surface area contributed by atoms with E-state index in [1.807, 2.05) is 0 Å². The third kappa shape index (κ3) is 3.74. The molecule has 1 aliphatic rings. The minimum Gasteiger partial charge on any atom is -0.374 e. The van der Waals surface area contributed by atoms with Gasteiger partial charge in [0, 0.05) is 25.2 Å². The van der Waals surface area contributed by atoms with Crippen LogP contribution in [0.2, 0.25) is 0 Å². The summed E-state index contributed by atoms with van der Waals surface area (Å²) < 4.78 is 5.78. The zero-order valence-corrected chi connectivity index (χ0v) is 10.6. The molecule has 0 aliphatic carbocycles. The van der Waals surface area contributed by atoms with Crippen LogP contribution >= 0.6 is 0 Å². The molecule has 3 nitrogen and oxygen atoms in total. The molecule has 1 saturated heterocycles. The summed E-state index contributed by atoms with van der Waals surface area (Å²) in [6, 6.07) is 1.15. The minimum absolute atomic E-state index is 0.350. The predicted molar refractivity (Wildman–Crippen MR) is 64.2 cm³/mol. The molecule has 0 amide bonds. The largest absolute Gasteiger partial charge is 0.374 e. The van der Waals surface area contributed by atoms with Crippen LogP contribution in [-0.4, -0.2) is 49.8 Å². The number of ether oxygens (including phenoxy) is 1. The molecule has 1 fully saturated rings. The van der Waals surface area contributed by atoms with E-state index in [9.17, 15) is 0 Å². The number of nitrogens with zero attached hydrogens (tertiary/aromatic N) is 1. The van der Waals surface area contributed by atoms with E-state index in [4.69, 9.17) is 4.74 Å². The lowest BCUT2D eigenvalue weighted by molar-refractivity contribution is -0.0287. The molecular weight excluding hydrogens is 188 g/mol. The maximum atomic E-state index is 5.78. The molecular formula is C12H26N2O. The van der Waals surface area contributed by atoms with E-state index in [1.165, 1.54) is 12.8 Å². The highest BCUT2D eigenvalue weighted by Crippen LogP contribution is 2.13. The lowest BCUT2D eigenvalue weighted by Gasteiger charge is -2.37. The van der Waals surface area contributed by atoms with Crippen molar-refractivity contribution in [2.75, 3.05) is 26.7 Å². The maximum absolute atomic E-state index is 5.78. The zero-order chi connectivity index (χ0) is 11.3. The topological polar surface area (TPSA) is 24.5 Å². The Morgan fingerprint density at radius 2 is 2.20 bits per heavy atom. The van der Waals surface area contributed by atoms with E-state index in [1.54, 1.807) is 0 Å². The van der Waals surface area contributed by atoms with E-state index in [-0.39, 0.29) is 0 Å². The van der Waals surface area contributed by atoms with Crippen LogP contribution in [-0.2, 0) is 4.74 Å². The van der Waals surface area contributed by atoms with Gasteiger partial charge >= 0.3 is 0 Å². The average Bonchev–Trinajstić information content (AvgIpc) is 2.28. The smallest absolute Gasteiger partial charge is 0.0852 e. The predicted octanol–water partition coefficient (Wildman–Crippen LogP) is 1.48. The second-order valence-electron chi connectivity index (χ2n) is 4.66. The van der Waals surface area contributed by atoms with Gasteiger partial charge in [-0.25, -0.2) is 0 Å². The molecule has 3 atom stereocenters. The maximum Gasteiger partial charge on any atom is 0.0852 e. The van der Waals surface area contributed by atoms with Crippen LogP contribution in [0.1, 0.15) is 33.6 Å². The van der Waals surface area contributed by atoms with Gasteiger partial charge in [0.1, 0.15) is 0 Å². The van der Waals surface area contributed by atoms with Crippen LogP contribution in [0.3, 0.4) is 0 Å². The number of likely N-dealkylation sites (N-methyl/N-ethyl adjacent to an activating group) is 1. The highest BCUT2D eigenvalue weighted by molar-refractivity contribution is 4.81. The Labute approximate surface area is 94.2 Å². The first kappa shape index (κ1) is 12.9. The van der Waals surface area contributed by atoms with E-state index >= 15 is 0 Å². The monoisotopic (exact) mass is 214 g/mol. The fourth-order valence-electron chi connectivity index (χ4n) is 2.18. The Morgan fingerprint density at radius 3 is 2.73 bits per heavy atom. The van der Waals surface area contributed by atoms with Gasteiger partial charge < -0.3 is 10.1 Å². The first-order valence-electron chi connectivity index (χ1n) is 6.21. The lowest BCUT2D eigenvalue weighted by Crippen LogP contribution is -2.51. The Morgan fingerprint density at radius 1 is 1.47 bits per heavy atom. The van der Waals surface area contributed by atoms with Gasteiger partial charge in [-0.05, 0) is 27.3 Å². The Balaban J connectivity index is 2.39. The van der Waals surface area contributed by atoms with Gasteiger partial charge in [-0.1, -0.05) is 13.3 Å². The molecule has 3 heteroatoms. The molecule has 0 spiro atoms. The van der Waals surface area contributed by atoms with Crippen molar-refractivity contribution in [2.45, 2.75) is 51.8 Å². The van der Waals surface area contributed by atoms with Crippen LogP contribution in [0.5, 0.6) is 0 Å². The number of hydrogen-bond donors (Lipinski definition) is 1. The molecule has 0 aromatic heterocycles. The number of nitrogens with one attached hydrogen (secondary N) is 1. The van der Waals surface area contributed by atoms with Gasteiger partial charge in [0.25, 0.3) is 0 Å². The van der Waals surface area contributed by atoms with E-state index in [2.05, 4.69) is 38.0 Å². The highest BCUT2D eigenvalue weighted by atomic mass is 16.5. The van der Waals surface area contributed by atoms with Crippen LogP contribution < -0.4 is 5.32 Å². The van der Waals surface area contributed by atoms with Crippen LogP contribution in [0.25, 0.3) is 0 Å². The van der Waals surface area contributed by atoms with Crippen LogP contribution in [0, 0.1) is 0 Å². The standard InChI is InChI=1S/C12H26N2O/c1-5-6-10(2)14(4)11(3)12-9-13-7-8-15-12/h10-13H,5-9H2,1-4H3. The fourth-order valence-corrected chi connectivity index (χ4v) is 2.18. The summed E-state index contributed by atoms with van der Waals surface area (Å²) >= 11 is 0. The van der Waals surface area contributed by atoms with Gasteiger partial charge in [-0.15, -0.1) is 0 Å². The van der Waals surface area contributed by atoms with Crippen molar-refractivity contribution in [2.24, 2.45) is 0 Å². The first-order chi connectivity index (χ1) is 7.16. The van der Waals surface area contributed by atoms with E-state index in [0.717, 1.165) is 19.7 Å². The molecule has 3 unspecified atom stereocenters. The normalized spacial score (nSPS) is 26.6. The molecule has 0 aromatic rings. The summed E-state index contributed by atoms with van der Waals surface area (Å²) in [5, 5.41) is 3.39. The highest BCUT2D eigenvalue weighted by Gasteiger charge is 2.25. The summed E-state index contributed by atoms with van der Waals surface area (Å²) in [5.41, 5.74) is 0. The number of morpholine rings is 1. The van der Waals surface area contributed by atoms with Crippen LogP contribution in [0.4, 0.5) is 0 Å². The molecule has 90 valence electrons. The first-order valence-corrected chi connectivity index (χ1v) is 6.21.